The molecule has 0 aliphatic carbocycles. The first kappa shape index (κ1) is 14.8. The van der Waals surface area contributed by atoms with Crippen LogP contribution < -0.4 is 9.47 Å². The smallest absolute Gasteiger partial charge is 0.325 e. The van der Waals surface area contributed by atoms with Crippen molar-refractivity contribution in [2.75, 3.05) is 13.2 Å². The molecule has 0 spiro atoms. The highest BCUT2D eigenvalue weighted by Crippen LogP contribution is 2.31. The number of nitrogens with zero attached hydrogens (tertiary/aromatic N) is 4. The number of ether oxygens (including phenoxy) is 2. The summed E-state index contributed by atoms with van der Waals surface area (Å²) in [5.74, 6) is 0.544. The van der Waals surface area contributed by atoms with E-state index < -0.39 is 5.97 Å². The maximum Gasteiger partial charge on any atom is 0.325 e. The number of carbonyl (C=O) groups is 1. The van der Waals surface area contributed by atoms with Gasteiger partial charge in [-0.25, -0.2) is 4.68 Å². The first-order chi connectivity index (χ1) is 10.2. The second kappa shape index (κ2) is 6.69. The lowest BCUT2D eigenvalue weighted by Gasteiger charge is -2.12. The number of rotatable bonds is 7. The predicted octanol–water partition coefficient (Wildman–Crippen LogP) is 1.22. The van der Waals surface area contributed by atoms with Crippen LogP contribution in [0.1, 0.15) is 13.8 Å². The lowest BCUT2D eigenvalue weighted by atomic mass is 10.2. The highest BCUT2D eigenvalue weighted by atomic mass is 16.5. The third-order valence-electron chi connectivity index (χ3n) is 2.62. The molecule has 112 valence electrons. The van der Waals surface area contributed by atoms with Gasteiger partial charge in [-0.2, -0.15) is 0 Å². The number of aromatic nitrogens is 4. The number of benzene rings is 1. The van der Waals surface area contributed by atoms with Gasteiger partial charge in [-0.15, -0.1) is 5.10 Å². The maximum absolute atomic E-state index is 10.8. The van der Waals surface area contributed by atoms with Gasteiger partial charge in [0.25, 0.3) is 0 Å². The number of hydrogen-bond donors (Lipinski definition) is 1. The van der Waals surface area contributed by atoms with Gasteiger partial charge < -0.3 is 14.6 Å². The van der Waals surface area contributed by atoms with E-state index in [1.54, 1.807) is 18.2 Å². The summed E-state index contributed by atoms with van der Waals surface area (Å²) in [5, 5.41) is 19.9. The quantitative estimate of drug-likeness (QED) is 0.819. The SMILES string of the molecule is CCOc1ccc(-c2nnnn2CC(=O)O)cc1OCC. The van der Waals surface area contributed by atoms with Crippen LogP contribution in [-0.4, -0.2) is 44.5 Å². The fourth-order valence-electron chi connectivity index (χ4n) is 1.84. The summed E-state index contributed by atoms with van der Waals surface area (Å²) in [6.07, 6.45) is 0. The predicted molar refractivity (Wildman–Crippen MR) is 73.2 cm³/mol. The van der Waals surface area contributed by atoms with Crippen LogP contribution in [0.3, 0.4) is 0 Å². The van der Waals surface area contributed by atoms with Crippen LogP contribution in [0, 0.1) is 0 Å². The fourth-order valence-corrected chi connectivity index (χ4v) is 1.84. The van der Waals surface area contributed by atoms with Crippen molar-refractivity contribution in [1.82, 2.24) is 20.2 Å². The Kier molecular flexibility index (Phi) is 4.70. The molecule has 0 fully saturated rings. The lowest BCUT2D eigenvalue weighted by Crippen LogP contribution is -2.11. The fraction of sp³-hybridized carbons (Fsp3) is 0.385. The molecule has 0 unspecified atom stereocenters. The molecule has 0 amide bonds. The van der Waals surface area contributed by atoms with Crippen molar-refractivity contribution in [3.05, 3.63) is 18.2 Å². The van der Waals surface area contributed by atoms with Gasteiger partial charge in [0, 0.05) is 5.56 Å². The minimum absolute atomic E-state index is 0.306. The minimum atomic E-state index is -1.01. The lowest BCUT2D eigenvalue weighted by molar-refractivity contribution is -0.137. The third-order valence-corrected chi connectivity index (χ3v) is 2.62. The van der Waals surface area contributed by atoms with E-state index in [0.29, 0.717) is 36.1 Å². The van der Waals surface area contributed by atoms with E-state index in [1.807, 2.05) is 13.8 Å². The Morgan fingerprint density at radius 2 is 1.95 bits per heavy atom. The summed E-state index contributed by atoms with van der Waals surface area (Å²) in [5.41, 5.74) is 0.660. The van der Waals surface area contributed by atoms with Gasteiger partial charge >= 0.3 is 5.97 Å². The zero-order valence-electron chi connectivity index (χ0n) is 11.8. The molecule has 0 atom stereocenters. The zero-order chi connectivity index (χ0) is 15.2. The monoisotopic (exact) mass is 292 g/mol. The van der Waals surface area contributed by atoms with E-state index in [0.717, 1.165) is 0 Å². The van der Waals surface area contributed by atoms with Crippen LogP contribution in [0.25, 0.3) is 11.4 Å². The molecule has 1 aromatic heterocycles. The topological polar surface area (TPSA) is 99.4 Å². The van der Waals surface area contributed by atoms with Gasteiger partial charge in [0.1, 0.15) is 6.54 Å². The van der Waals surface area contributed by atoms with Gasteiger partial charge in [-0.1, -0.05) is 0 Å². The average molecular weight is 292 g/mol. The molecule has 8 nitrogen and oxygen atoms in total. The molecular weight excluding hydrogens is 276 g/mol. The first-order valence-electron chi connectivity index (χ1n) is 6.53. The highest BCUT2D eigenvalue weighted by molar-refractivity contribution is 5.68. The van der Waals surface area contributed by atoms with Crippen molar-refractivity contribution in [2.24, 2.45) is 0 Å². The van der Waals surface area contributed by atoms with Gasteiger partial charge in [-0.3, -0.25) is 4.79 Å². The van der Waals surface area contributed by atoms with E-state index >= 15 is 0 Å². The maximum atomic E-state index is 10.8. The molecule has 0 aliphatic rings. The van der Waals surface area contributed by atoms with Crippen LogP contribution >= 0.6 is 0 Å². The van der Waals surface area contributed by atoms with Gasteiger partial charge in [-0.05, 0) is 42.5 Å². The molecule has 1 N–H and O–H groups in total. The molecule has 0 saturated carbocycles. The minimum Gasteiger partial charge on any atom is -0.490 e. The van der Waals surface area contributed by atoms with Crippen LogP contribution in [0.2, 0.25) is 0 Å². The van der Waals surface area contributed by atoms with Gasteiger partial charge in [0.2, 0.25) is 0 Å². The molecule has 21 heavy (non-hydrogen) atoms. The molecule has 1 aromatic carbocycles. The van der Waals surface area contributed by atoms with Crippen molar-refractivity contribution in [1.29, 1.82) is 0 Å². The molecular formula is C13H16N4O4. The van der Waals surface area contributed by atoms with Crippen molar-refractivity contribution in [2.45, 2.75) is 20.4 Å². The highest BCUT2D eigenvalue weighted by Gasteiger charge is 2.14. The zero-order valence-corrected chi connectivity index (χ0v) is 11.8. The largest absolute Gasteiger partial charge is 0.490 e. The summed E-state index contributed by atoms with van der Waals surface area (Å²) in [4.78, 5) is 10.8. The molecule has 8 heteroatoms. The van der Waals surface area contributed by atoms with Crippen LogP contribution in [0.15, 0.2) is 18.2 Å². The Morgan fingerprint density at radius 3 is 2.62 bits per heavy atom. The van der Waals surface area contributed by atoms with Gasteiger partial charge in [0.05, 0.1) is 13.2 Å². The van der Waals surface area contributed by atoms with Crippen molar-refractivity contribution >= 4 is 5.97 Å². The van der Waals surface area contributed by atoms with Crippen molar-refractivity contribution < 1.29 is 19.4 Å². The van der Waals surface area contributed by atoms with Crippen LogP contribution in [-0.2, 0) is 11.3 Å². The average Bonchev–Trinajstić information content (AvgIpc) is 2.88. The number of carboxylic acid groups (broad SMARTS) is 1. The second-order valence-electron chi connectivity index (χ2n) is 4.08. The first-order valence-corrected chi connectivity index (χ1v) is 6.53. The summed E-state index contributed by atoms with van der Waals surface area (Å²) in [6.45, 7) is 4.47. The Labute approximate surface area is 121 Å². The Morgan fingerprint density at radius 1 is 1.24 bits per heavy atom. The molecule has 2 aromatic rings. The third kappa shape index (κ3) is 3.47. The summed E-state index contributed by atoms with van der Waals surface area (Å²) in [6, 6.07) is 5.25. The molecule has 1 heterocycles. The van der Waals surface area contributed by atoms with Crippen molar-refractivity contribution in [3.63, 3.8) is 0 Å². The molecule has 0 radical (unpaired) electrons. The number of aliphatic carboxylic acids is 1. The van der Waals surface area contributed by atoms with Gasteiger partial charge in [0.15, 0.2) is 17.3 Å². The number of carboxylic acids is 1. The van der Waals surface area contributed by atoms with E-state index in [9.17, 15) is 4.79 Å². The normalized spacial score (nSPS) is 10.4. The van der Waals surface area contributed by atoms with Crippen LogP contribution in [0.4, 0.5) is 0 Å². The van der Waals surface area contributed by atoms with Crippen LogP contribution in [0.5, 0.6) is 11.5 Å². The van der Waals surface area contributed by atoms with Crippen molar-refractivity contribution in [3.8, 4) is 22.9 Å². The van der Waals surface area contributed by atoms with E-state index in [2.05, 4.69) is 15.5 Å². The van der Waals surface area contributed by atoms with E-state index in [-0.39, 0.29) is 6.54 Å². The standard InChI is InChI=1S/C13H16N4O4/c1-3-20-10-6-5-9(7-11(10)21-4-2)13-14-15-16-17(13)8-12(18)19/h5-7H,3-4,8H2,1-2H3,(H,18,19). The molecule has 0 aliphatic heterocycles. The Balaban J connectivity index is 2.38. The Bertz CT molecular complexity index is 626. The van der Waals surface area contributed by atoms with E-state index in [4.69, 9.17) is 14.6 Å². The second-order valence-corrected chi connectivity index (χ2v) is 4.08. The summed E-state index contributed by atoms with van der Waals surface area (Å²) >= 11 is 0. The van der Waals surface area contributed by atoms with E-state index in [1.165, 1.54) is 4.68 Å². The number of tetrazole rings is 1. The molecule has 0 bridgehead atoms. The molecule has 0 saturated heterocycles. The summed E-state index contributed by atoms with van der Waals surface area (Å²) < 4.78 is 12.2. The summed E-state index contributed by atoms with van der Waals surface area (Å²) in [7, 11) is 0. The number of hydrogen-bond acceptors (Lipinski definition) is 6. The molecule has 2 rings (SSSR count). The Hall–Kier alpha value is -2.64.